The SMILES string of the molecule is CNC(=O)c1cn(CC(F)CCc2ccc(NC(=O)Cc3cc(-c4cccc(OC(F)(F)F)c4)ccn3)nn2)nn1. The highest BCUT2D eigenvalue weighted by molar-refractivity contribution is 5.91. The van der Waals surface area contributed by atoms with E-state index in [2.05, 4.69) is 40.9 Å². The zero-order valence-electron chi connectivity index (χ0n) is 21.6. The van der Waals surface area contributed by atoms with Crippen LogP contribution in [0.2, 0.25) is 0 Å². The second-order valence-electron chi connectivity index (χ2n) is 8.79. The Morgan fingerprint density at radius 1 is 1.02 bits per heavy atom. The molecule has 0 spiro atoms. The number of rotatable bonds is 11. The Kier molecular flexibility index (Phi) is 9.16. The molecule has 0 aliphatic heterocycles. The second kappa shape index (κ2) is 12.9. The standard InChI is InChI=1S/C26H24F4N8O3/c1-31-25(40)22-15-38(37-35-22)14-18(27)5-6-19-7-8-23(36-34-19)33-24(39)13-20-11-17(9-10-32-20)16-3-2-4-21(12-16)41-26(28,29)30/h2-4,7-12,15,18H,5-6,13-14H2,1H3,(H,31,40)(H,33,36,39). The van der Waals surface area contributed by atoms with Gasteiger partial charge in [0.1, 0.15) is 11.9 Å². The molecule has 2 amide bonds. The molecule has 2 N–H and O–H groups in total. The minimum absolute atomic E-state index is 0.0758. The lowest BCUT2D eigenvalue weighted by atomic mass is 10.1. The van der Waals surface area contributed by atoms with Crippen LogP contribution < -0.4 is 15.4 Å². The molecular formula is C26H24F4N8O3. The van der Waals surface area contributed by atoms with Crippen molar-refractivity contribution >= 4 is 17.6 Å². The van der Waals surface area contributed by atoms with Gasteiger partial charge in [0.05, 0.1) is 30.6 Å². The highest BCUT2D eigenvalue weighted by Crippen LogP contribution is 2.28. The Bertz CT molecular complexity index is 1490. The number of carbonyl (C=O) groups is 2. The van der Waals surface area contributed by atoms with E-state index in [9.17, 15) is 27.2 Å². The first-order valence-corrected chi connectivity index (χ1v) is 12.3. The van der Waals surface area contributed by atoms with Crippen LogP contribution in [0, 0.1) is 0 Å². The van der Waals surface area contributed by atoms with Gasteiger partial charge in [-0.25, -0.2) is 9.07 Å². The molecule has 0 radical (unpaired) electrons. The van der Waals surface area contributed by atoms with Crippen molar-refractivity contribution < 1.29 is 31.9 Å². The molecule has 0 bridgehead atoms. The number of carbonyl (C=O) groups excluding carboxylic acids is 2. The van der Waals surface area contributed by atoms with Gasteiger partial charge in [-0.15, -0.1) is 23.4 Å². The molecule has 15 heteroatoms. The molecule has 214 valence electrons. The van der Waals surface area contributed by atoms with E-state index < -0.39 is 24.3 Å². The quantitative estimate of drug-likeness (QED) is 0.261. The van der Waals surface area contributed by atoms with Gasteiger partial charge in [-0.05, 0) is 60.4 Å². The van der Waals surface area contributed by atoms with Crippen LogP contribution in [0.1, 0.15) is 28.3 Å². The fraction of sp³-hybridized carbons (Fsp3) is 0.269. The fourth-order valence-electron chi connectivity index (χ4n) is 3.76. The summed E-state index contributed by atoms with van der Waals surface area (Å²) in [6.07, 6.45) is -2.98. The van der Waals surface area contributed by atoms with Crippen LogP contribution in [0.4, 0.5) is 23.4 Å². The number of benzene rings is 1. The molecule has 1 unspecified atom stereocenters. The Labute approximate surface area is 231 Å². The van der Waals surface area contributed by atoms with Crippen molar-refractivity contribution in [1.82, 2.24) is 35.5 Å². The van der Waals surface area contributed by atoms with Crippen molar-refractivity contribution in [3.05, 3.63) is 78.0 Å². The Morgan fingerprint density at radius 2 is 1.83 bits per heavy atom. The fourth-order valence-corrected chi connectivity index (χ4v) is 3.76. The van der Waals surface area contributed by atoms with Gasteiger partial charge < -0.3 is 15.4 Å². The molecule has 0 fully saturated rings. The first-order valence-electron chi connectivity index (χ1n) is 12.3. The molecule has 1 atom stereocenters. The monoisotopic (exact) mass is 572 g/mol. The molecule has 0 aliphatic carbocycles. The maximum absolute atomic E-state index is 14.4. The maximum atomic E-state index is 14.4. The number of aromatic nitrogens is 6. The summed E-state index contributed by atoms with van der Waals surface area (Å²) >= 11 is 0. The van der Waals surface area contributed by atoms with E-state index in [0.717, 1.165) is 0 Å². The average Bonchev–Trinajstić information content (AvgIpc) is 3.40. The predicted molar refractivity (Wildman–Crippen MR) is 137 cm³/mol. The number of amides is 2. The molecule has 3 heterocycles. The number of aryl methyl sites for hydroxylation is 1. The van der Waals surface area contributed by atoms with E-state index in [1.807, 2.05) is 0 Å². The number of hydrogen-bond acceptors (Lipinski definition) is 8. The van der Waals surface area contributed by atoms with E-state index in [0.29, 0.717) is 22.5 Å². The number of nitrogens with one attached hydrogen (secondary N) is 2. The van der Waals surface area contributed by atoms with Crippen molar-refractivity contribution in [2.24, 2.45) is 0 Å². The molecule has 0 saturated carbocycles. The van der Waals surface area contributed by atoms with Gasteiger partial charge in [0, 0.05) is 13.2 Å². The van der Waals surface area contributed by atoms with Crippen LogP contribution in [0.5, 0.6) is 5.75 Å². The molecular weight excluding hydrogens is 548 g/mol. The third-order valence-electron chi connectivity index (χ3n) is 5.64. The summed E-state index contributed by atoms with van der Waals surface area (Å²) in [4.78, 5) is 28.2. The predicted octanol–water partition coefficient (Wildman–Crippen LogP) is 3.54. The average molecular weight is 573 g/mol. The van der Waals surface area contributed by atoms with Crippen molar-refractivity contribution in [2.75, 3.05) is 12.4 Å². The largest absolute Gasteiger partial charge is 0.573 e. The second-order valence-corrected chi connectivity index (χ2v) is 8.79. The number of pyridine rings is 1. The Hall–Kier alpha value is -4.95. The zero-order valence-corrected chi connectivity index (χ0v) is 21.6. The van der Waals surface area contributed by atoms with Gasteiger partial charge in [-0.1, -0.05) is 17.3 Å². The van der Waals surface area contributed by atoms with E-state index >= 15 is 0 Å². The van der Waals surface area contributed by atoms with Crippen molar-refractivity contribution in [3.63, 3.8) is 0 Å². The van der Waals surface area contributed by atoms with Crippen molar-refractivity contribution in [2.45, 2.75) is 38.3 Å². The third kappa shape index (κ3) is 8.78. The normalized spacial score (nSPS) is 12.0. The lowest BCUT2D eigenvalue weighted by Crippen LogP contribution is -2.18. The highest BCUT2D eigenvalue weighted by atomic mass is 19.4. The minimum atomic E-state index is -4.81. The summed E-state index contributed by atoms with van der Waals surface area (Å²) < 4.78 is 57.2. The van der Waals surface area contributed by atoms with E-state index in [-0.39, 0.29) is 43.1 Å². The number of hydrogen-bond donors (Lipinski definition) is 2. The Balaban J connectivity index is 1.27. The number of alkyl halides is 4. The molecule has 11 nitrogen and oxygen atoms in total. The van der Waals surface area contributed by atoms with Crippen molar-refractivity contribution in [1.29, 1.82) is 0 Å². The first kappa shape index (κ1) is 29.0. The molecule has 4 aromatic rings. The maximum Gasteiger partial charge on any atom is 0.573 e. The smallest absolute Gasteiger partial charge is 0.406 e. The van der Waals surface area contributed by atoms with Crippen molar-refractivity contribution in [3.8, 4) is 16.9 Å². The summed E-state index contributed by atoms with van der Waals surface area (Å²) in [5.41, 5.74) is 2.01. The summed E-state index contributed by atoms with van der Waals surface area (Å²) in [5, 5.41) is 20.4. The topological polar surface area (TPSA) is 137 Å². The van der Waals surface area contributed by atoms with Crippen LogP contribution in [-0.2, 0) is 24.2 Å². The van der Waals surface area contributed by atoms with Gasteiger partial charge in [0.15, 0.2) is 11.5 Å². The van der Waals surface area contributed by atoms with Gasteiger partial charge in [0.2, 0.25) is 5.91 Å². The third-order valence-corrected chi connectivity index (χ3v) is 5.64. The highest BCUT2D eigenvalue weighted by Gasteiger charge is 2.31. The molecule has 0 aliphatic rings. The molecule has 41 heavy (non-hydrogen) atoms. The van der Waals surface area contributed by atoms with E-state index in [4.69, 9.17) is 0 Å². The van der Waals surface area contributed by atoms with Gasteiger partial charge in [-0.2, -0.15) is 5.10 Å². The summed E-state index contributed by atoms with van der Waals surface area (Å²) in [6, 6.07) is 11.8. The van der Waals surface area contributed by atoms with Gasteiger partial charge in [0.25, 0.3) is 5.91 Å². The number of anilines is 1. The van der Waals surface area contributed by atoms with Gasteiger partial charge in [-0.3, -0.25) is 14.6 Å². The minimum Gasteiger partial charge on any atom is -0.406 e. The van der Waals surface area contributed by atoms with Gasteiger partial charge >= 0.3 is 6.36 Å². The number of halogens is 4. The van der Waals surface area contributed by atoms with Crippen LogP contribution in [0.25, 0.3) is 11.1 Å². The summed E-state index contributed by atoms with van der Waals surface area (Å²) in [5.74, 6) is -1.02. The molecule has 1 aromatic carbocycles. The lowest BCUT2D eigenvalue weighted by molar-refractivity contribution is -0.274. The van der Waals surface area contributed by atoms with E-state index in [1.54, 1.807) is 24.3 Å². The van der Waals surface area contributed by atoms with Crippen LogP contribution in [-0.4, -0.2) is 61.6 Å². The molecule has 3 aromatic heterocycles. The van der Waals surface area contributed by atoms with Crippen LogP contribution in [0.15, 0.2) is 60.9 Å². The Morgan fingerprint density at radius 3 is 2.56 bits per heavy atom. The summed E-state index contributed by atoms with van der Waals surface area (Å²) in [6.45, 7) is -0.0758. The van der Waals surface area contributed by atoms with Crippen LogP contribution >= 0.6 is 0 Å². The van der Waals surface area contributed by atoms with Crippen LogP contribution in [0.3, 0.4) is 0 Å². The number of nitrogens with zero attached hydrogens (tertiary/aromatic N) is 6. The lowest BCUT2D eigenvalue weighted by Gasteiger charge is -2.11. The summed E-state index contributed by atoms with van der Waals surface area (Å²) in [7, 11) is 1.46. The molecule has 4 rings (SSSR count). The molecule has 0 saturated heterocycles. The number of ether oxygens (including phenoxy) is 1. The first-order chi connectivity index (χ1) is 19.6. The zero-order chi connectivity index (χ0) is 29.4. The van der Waals surface area contributed by atoms with E-state index in [1.165, 1.54) is 48.4 Å².